The minimum Gasteiger partial charge on any atom is -0.481 e. The summed E-state index contributed by atoms with van der Waals surface area (Å²) >= 11 is 0. The van der Waals surface area contributed by atoms with Gasteiger partial charge in [0.2, 0.25) is 5.88 Å². The lowest BCUT2D eigenvalue weighted by molar-refractivity contribution is -0.134. The molecule has 1 aliphatic rings. The molecule has 1 saturated heterocycles. The molecule has 2 N–H and O–H groups in total. The van der Waals surface area contributed by atoms with E-state index >= 15 is 0 Å². The van der Waals surface area contributed by atoms with E-state index in [0.717, 1.165) is 12.1 Å². The fourth-order valence-corrected chi connectivity index (χ4v) is 1.67. The SMILES string of the molecule is COc1ccc(CNC(=O)C2CNCCO2)cn1. The van der Waals surface area contributed by atoms with E-state index < -0.39 is 6.10 Å². The van der Waals surface area contributed by atoms with E-state index in [1.54, 1.807) is 19.4 Å². The number of morpholine rings is 1. The summed E-state index contributed by atoms with van der Waals surface area (Å²) in [6.45, 7) is 2.37. The predicted molar refractivity (Wildman–Crippen MR) is 65.2 cm³/mol. The van der Waals surface area contributed by atoms with Gasteiger partial charge in [0.15, 0.2) is 0 Å². The van der Waals surface area contributed by atoms with Gasteiger partial charge in [-0.2, -0.15) is 0 Å². The van der Waals surface area contributed by atoms with Gasteiger partial charge in [-0.3, -0.25) is 4.79 Å². The standard InChI is InChI=1S/C12H17N3O3/c1-17-11-3-2-9(6-14-11)7-15-12(16)10-8-13-4-5-18-10/h2-3,6,10,13H,4-5,7-8H2,1H3,(H,15,16). The average molecular weight is 251 g/mol. The average Bonchev–Trinajstić information content (AvgIpc) is 2.46. The molecule has 6 nitrogen and oxygen atoms in total. The Labute approximate surface area is 106 Å². The summed E-state index contributed by atoms with van der Waals surface area (Å²) in [6, 6.07) is 3.63. The fourth-order valence-electron chi connectivity index (χ4n) is 1.67. The molecule has 0 aromatic carbocycles. The first kappa shape index (κ1) is 12.8. The highest BCUT2D eigenvalue weighted by atomic mass is 16.5. The summed E-state index contributed by atoms with van der Waals surface area (Å²) < 4.78 is 10.3. The van der Waals surface area contributed by atoms with E-state index in [-0.39, 0.29) is 5.91 Å². The van der Waals surface area contributed by atoms with Gasteiger partial charge in [0.05, 0.1) is 13.7 Å². The van der Waals surface area contributed by atoms with Crippen LogP contribution in [-0.2, 0) is 16.1 Å². The molecule has 1 aromatic rings. The number of hydrogen-bond donors (Lipinski definition) is 2. The Bertz CT molecular complexity index is 388. The highest BCUT2D eigenvalue weighted by Gasteiger charge is 2.21. The van der Waals surface area contributed by atoms with Crippen LogP contribution in [0, 0.1) is 0 Å². The Morgan fingerprint density at radius 1 is 1.67 bits per heavy atom. The second kappa shape index (κ2) is 6.32. The van der Waals surface area contributed by atoms with Gasteiger partial charge in [-0.1, -0.05) is 6.07 Å². The summed E-state index contributed by atoms with van der Waals surface area (Å²) in [6.07, 6.45) is 1.28. The molecule has 18 heavy (non-hydrogen) atoms. The van der Waals surface area contributed by atoms with Gasteiger partial charge >= 0.3 is 0 Å². The number of amides is 1. The Balaban J connectivity index is 1.80. The van der Waals surface area contributed by atoms with Crippen molar-refractivity contribution in [1.29, 1.82) is 0 Å². The molecule has 98 valence electrons. The normalized spacial score (nSPS) is 19.3. The summed E-state index contributed by atoms with van der Waals surface area (Å²) in [5, 5.41) is 5.94. The first-order valence-corrected chi connectivity index (χ1v) is 5.88. The van der Waals surface area contributed by atoms with E-state index in [2.05, 4.69) is 15.6 Å². The van der Waals surface area contributed by atoms with Crippen molar-refractivity contribution in [2.45, 2.75) is 12.6 Å². The van der Waals surface area contributed by atoms with Crippen LogP contribution in [0.2, 0.25) is 0 Å². The lowest BCUT2D eigenvalue weighted by Crippen LogP contribution is -2.47. The minimum absolute atomic E-state index is 0.0991. The molecular weight excluding hydrogens is 234 g/mol. The topological polar surface area (TPSA) is 72.5 Å². The molecular formula is C12H17N3O3. The molecule has 0 spiro atoms. The molecule has 2 heterocycles. The summed E-state index contributed by atoms with van der Waals surface area (Å²) in [5.74, 6) is 0.461. The molecule has 0 radical (unpaired) electrons. The molecule has 0 aliphatic carbocycles. The smallest absolute Gasteiger partial charge is 0.250 e. The monoisotopic (exact) mass is 251 g/mol. The largest absolute Gasteiger partial charge is 0.481 e. The zero-order valence-corrected chi connectivity index (χ0v) is 10.3. The van der Waals surface area contributed by atoms with Crippen LogP contribution in [0.4, 0.5) is 0 Å². The van der Waals surface area contributed by atoms with E-state index in [1.807, 2.05) is 6.07 Å². The predicted octanol–water partition coefficient (Wildman–Crippen LogP) is -0.305. The number of ether oxygens (including phenoxy) is 2. The molecule has 6 heteroatoms. The maximum atomic E-state index is 11.8. The zero-order chi connectivity index (χ0) is 12.8. The van der Waals surface area contributed by atoms with Crippen LogP contribution >= 0.6 is 0 Å². The van der Waals surface area contributed by atoms with Crippen molar-refractivity contribution in [3.8, 4) is 5.88 Å². The minimum atomic E-state index is -0.398. The van der Waals surface area contributed by atoms with Crippen LogP contribution in [0.15, 0.2) is 18.3 Å². The second-order valence-electron chi connectivity index (χ2n) is 3.99. The fraction of sp³-hybridized carbons (Fsp3) is 0.500. The maximum Gasteiger partial charge on any atom is 0.250 e. The van der Waals surface area contributed by atoms with Crippen LogP contribution in [0.3, 0.4) is 0 Å². The Hall–Kier alpha value is -1.66. The number of aromatic nitrogens is 1. The number of nitrogens with one attached hydrogen (secondary N) is 2. The van der Waals surface area contributed by atoms with Crippen molar-refractivity contribution in [3.05, 3.63) is 23.9 Å². The molecule has 1 aromatic heterocycles. The van der Waals surface area contributed by atoms with E-state index in [9.17, 15) is 4.79 Å². The highest BCUT2D eigenvalue weighted by molar-refractivity contribution is 5.81. The molecule has 2 rings (SSSR count). The van der Waals surface area contributed by atoms with Crippen LogP contribution in [0.1, 0.15) is 5.56 Å². The lowest BCUT2D eigenvalue weighted by Gasteiger charge is -2.22. The zero-order valence-electron chi connectivity index (χ0n) is 10.3. The van der Waals surface area contributed by atoms with Crippen molar-refractivity contribution in [2.75, 3.05) is 26.8 Å². The summed E-state index contributed by atoms with van der Waals surface area (Å²) in [7, 11) is 1.57. The number of rotatable bonds is 4. The van der Waals surface area contributed by atoms with Crippen molar-refractivity contribution < 1.29 is 14.3 Å². The van der Waals surface area contributed by atoms with Crippen molar-refractivity contribution >= 4 is 5.91 Å². The third-order valence-electron chi connectivity index (χ3n) is 2.69. The third-order valence-corrected chi connectivity index (χ3v) is 2.69. The lowest BCUT2D eigenvalue weighted by atomic mass is 10.2. The number of methoxy groups -OCH3 is 1. The number of nitrogens with zero attached hydrogens (tertiary/aromatic N) is 1. The second-order valence-corrected chi connectivity index (χ2v) is 3.99. The first-order chi connectivity index (χ1) is 8.79. The Kier molecular flexibility index (Phi) is 4.49. The van der Waals surface area contributed by atoms with Crippen LogP contribution in [-0.4, -0.2) is 43.8 Å². The van der Waals surface area contributed by atoms with Gasteiger partial charge < -0.3 is 20.1 Å². The molecule has 1 amide bonds. The van der Waals surface area contributed by atoms with E-state index in [1.165, 1.54) is 0 Å². The van der Waals surface area contributed by atoms with E-state index in [4.69, 9.17) is 9.47 Å². The van der Waals surface area contributed by atoms with Crippen molar-refractivity contribution in [3.63, 3.8) is 0 Å². The number of carbonyl (C=O) groups is 1. The molecule has 0 bridgehead atoms. The van der Waals surface area contributed by atoms with E-state index in [0.29, 0.717) is 25.6 Å². The third kappa shape index (κ3) is 3.41. The molecule has 1 aliphatic heterocycles. The van der Waals surface area contributed by atoms with Crippen LogP contribution in [0.25, 0.3) is 0 Å². The van der Waals surface area contributed by atoms with Gasteiger partial charge in [0.25, 0.3) is 5.91 Å². The van der Waals surface area contributed by atoms with Gasteiger partial charge in [-0.05, 0) is 5.56 Å². The maximum absolute atomic E-state index is 11.8. The quantitative estimate of drug-likeness (QED) is 0.768. The number of hydrogen-bond acceptors (Lipinski definition) is 5. The van der Waals surface area contributed by atoms with Gasteiger partial charge in [-0.15, -0.1) is 0 Å². The van der Waals surface area contributed by atoms with Gasteiger partial charge in [0, 0.05) is 31.9 Å². The summed E-state index contributed by atoms with van der Waals surface area (Å²) in [5.41, 5.74) is 0.924. The van der Waals surface area contributed by atoms with Crippen LogP contribution in [0.5, 0.6) is 5.88 Å². The molecule has 0 saturated carbocycles. The summed E-state index contributed by atoms with van der Waals surface area (Å²) in [4.78, 5) is 15.8. The van der Waals surface area contributed by atoms with Crippen molar-refractivity contribution in [2.24, 2.45) is 0 Å². The van der Waals surface area contributed by atoms with Crippen LogP contribution < -0.4 is 15.4 Å². The highest BCUT2D eigenvalue weighted by Crippen LogP contribution is 2.06. The Morgan fingerprint density at radius 2 is 2.56 bits per heavy atom. The molecule has 1 atom stereocenters. The Morgan fingerprint density at radius 3 is 3.17 bits per heavy atom. The number of carbonyl (C=O) groups excluding carboxylic acids is 1. The van der Waals surface area contributed by atoms with Gasteiger partial charge in [-0.25, -0.2) is 4.98 Å². The number of pyridine rings is 1. The molecule has 1 fully saturated rings. The molecule has 1 unspecified atom stereocenters. The van der Waals surface area contributed by atoms with Crippen molar-refractivity contribution in [1.82, 2.24) is 15.6 Å². The first-order valence-electron chi connectivity index (χ1n) is 5.88. The van der Waals surface area contributed by atoms with Gasteiger partial charge in [0.1, 0.15) is 6.10 Å².